The van der Waals surface area contributed by atoms with Crippen LogP contribution >= 0.6 is 0 Å². The highest BCUT2D eigenvalue weighted by Crippen LogP contribution is 2.40. The van der Waals surface area contributed by atoms with Crippen molar-refractivity contribution in [1.82, 2.24) is 9.88 Å². The minimum Gasteiger partial charge on any atom is -0.488 e. The third kappa shape index (κ3) is 3.60. The number of hydrogen-bond donors (Lipinski definition) is 1. The molecule has 0 radical (unpaired) electrons. The summed E-state index contributed by atoms with van der Waals surface area (Å²) in [4.78, 5) is 7.11. The van der Waals surface area contributed by atoms with Crippen LogP contribution in [0.25, 0.3) is 10.9 Å². The molecule has 0 amide bonds. The first-order valence-corrected chi connectivity index (χ1v) is 11.0. The van der Waals surface area contributed by atoms with Crippen molar-refractivity contribution in [1.29, 1.82) is 0 Å². The zero-order valence-corrected chi connectivity index (χ0v) is 17.3. The number of rotatable bonds is 4. The highest BCUT2D eigenvalue weighted by atomic mass is 16.7. The Kier molecular flexibility index (Phi) is 4.69. The van der Waals surface area contributed by atoms with Gasteiger partial charge in [0, 0.05) is 37.3 Å². The topological polar surface area (TPSA) is 64.1 Å². The number of aliphatic hydroxyl groups is 1. The van der Waals surface area contributed by atoms with E-state index in [1.54, 1.807) is 0 Å². The monoisotopic (exact) mass is 418 g/mol. The molecule has 1 saturated carbocycles. The third-order valence-electron chi connectivity index (χ3n) is 6.90. The summed E-state index contributed by atoms with van der Waals surface area (Å²) < 4.78 is 17.0. The molecule has 6 nitrogen and oxygen atoms in total. The number of ether oxygens (including phenoxy) is 3. The number of benzene rings is 2. The second kappa shape index (κ2) is 7.70. The smallest absolute Gasteiger partial charge is 0.231 e. The van der Waals surface area contributed by atoms with E-state index >= 15 is 0 Å². The van der Waals surface area contributed by atoms with Gasteiger partial charge in [0.15, 0.2) is 11.5 Å². The van der Waals surface area contributed by atoms with Gasteiger partial charge in [0.05, 0.1) is 11.6 Å². The highest BCUT2D eigenvalue weighted by molar-refractivity contribution is 5.81. The van der Waals surface area contributed by atoms with Crippen molar-refractivity contribution in [2.75, 3.05) is 19.9 Å². The highest BCUT2D eigenvalue weighted by Gasteiger charge is 2.42. The average molecular weight is 418 g/mol. The first-order valence-electron chi connectivity index (χ1n) is 11.0. The Morgan fingerprint density at radius 1 is 1.00 bits per heavy atom. The van der Waals surface area contributed by atoms with Crippen molar-refractivity contribution >= 4 is 10.9 Å². The molecule has 4 atom stereocenters. The van der Waals surface area contributed by atoms with Gasteiger partial charge in [-0.25, -0.2) is 0 Å². The van der Waals surface area contributed by atoms with Gasteiger partial charge in [-0.05, 0) is 48.4 Å². The number of aromatic nitrogens is 1. The number of para-hydroxylation sites is 1. The van der Waals surface area contributed by atoms with E-state index in [4.69, 9.17) is 14.2 Å². The predicted octanol–water partition coefficient (Wildman–Crippen LogP) is 3.61. The van der Waals surface area contributed by atoms with Gasteiger partial charge in [-0.15, -0.1) is 0 Å². The van der Waals surface area contributed by atoms with E-state index in [9.17, 15) is 5.11 Å². The SMILES string of the molecule is O[C@@H]1C[C@H]2CN(Cc3cccc4cccnc34)C[C@H]2C[C@H]1Oc1ccc2c(c1)OCO2. The second-order valence-corrected chi connectivity index (χ2v) is 8.92. The second-order valence-electron chi connectivity index (χ2n) is 8.92. The Morgan fingerprint density at radius 3 is 2.77 bits per heavy atom. The molecule has 1 aliphatic carbocycles. The molecule has 1 N–H and O–H groups in total. The summed E-state index contributed by atoms with van der Waals surface area (Å²) in [6, 6.07) is 16.1. The molecule has 31 heavy (non-hydrogen) atoms. The lowest BCUT2D eigenvalue weighted by atomic mass is 9.78. The molecule has 160 valence electrons. The number of nitrogens with zero attached hydrogens (tertiary/aromatic N) is 2. The maximum Gasteiger partial charge on any atom is 0.231 e. The minimum atomic E-state index is -0.453. The van der Waals surface area contributed by atoms with Crippen LogP contribution in [0.5, 0.6) is 17.2 Å². The molecule has 3 aliphatic rings. The quantitative estimate of drug-likeness (QED) is 0.698. The lowest BCUT2D eigenvalue weighted by Gasteiger charge is -2.35. The lowest BCUT2D eigenvalue weighted by Crippen LogP contribution is -2.42. The first-order chi connectivity index (χ1) is 15.2. The summed E-state index contributed by atoms with van der Waals surface area (Å²) in [6.07, 6.45) is 2.87. The largest absolute Gasteiger partial charge is 0.488 e. The normalized spacial score (nSPS) is 27.4. The molecule has 3 aromatic rings. The summed E-state index contributed by atoms with van der Waals surface area (Å²) in [5.74, 6) is 3.21. The van der Waals surface area contributed by atoms with Gasteiger partial charge in [0.2, 0.25) is 6.79 Å². The first kappa shape index (κ1) is 18.9. The van der Waals surface area contributed by atoms with Gasteiger partial charge < -0.3 is 19.3 Å². The number of fused-ring (bicyclic) bond motifs is 3. The van der Waals surface area contributed by atoms with Crippen LogP contribution in [0.15, 0.2) is 54.7 Å². The van der Waals surface area contributed by atoms with E-state index < -0.39 is 6.10 Å². The van der Waals surface area contributed by atoms with Gasteiger partial charge in [-0.1, -0.05) is 24.3 Å². The van der Waals surface area contributed by atoms with E-state index in [-0.39, 0.29) is 12.9 Å². The van der Waals surface area contributed by atoms with Crippen LogP contribution in [0.4, 0.5) is 0 Å². The van der Waals surface area contributed by atoms with Crippen molar-refractivity contribution in [3.05, 3.63) is 60.3 Å². The average Bonchev–Trinajstić information content (AvgIpc) is 3.40. The number of hydrogen-bond acceptors (Lipinski definition) is 6. The Balaban J connectivity index is 1.14. The lowest BCUT2D eigenvalue weighted by molar-refractivity contribution is -0.0232. The van der Waals surface area contributed by atoms with E-state index in [1.807, 2.05) is 30.5 Å². The van der Waals surface area contributed by atoms with Crippen LogP contribution in [-0.4, -0.2) is 47.1 Å². The molecule has 0 unspecified atom stereocenters. The molecule has 2 aromatic carbocycles. The summed E-state index contributed by atoms with van der Waals surface area (Å²) >= 11 is 0. The molecular weight excluding hydrogens is 392 g/mol. The van der Waals surface area contributed by atoms with Crippen LogP contribution in [0.2, 0.25) is 0 Å². The van der Waals surface area contributed by atoms with Crippen LogP contribution in [-0.2, 0) is 6.54 Å². The summed E-state index contributed by atoms with van der Waals surface area (Å²) in [5, 5.41) is 12.0. The van der Waals surface area contributed by atoms with Crippen molar-refractivity contribution in [2.24, 2.45) is 11.8 Å². The Labute approximate surface area is 181 Å². The van der Waals surface area contributed by atoms with E-state index in [0.717, 1.165) is 49.5 Å². The number of pyridine rings is 1. The zero-order chi connectivity index (χ0) is 20.8. The molecule has 6 heteroatoms. The van der Waals surface area contributed by atoms with Crippen molar-refractivity contribution < 1.29 is 19.3 Å². The summed E-state index contributed by atoms with van der Waals surface area (Å²) in [5.41, 5.74) is 2.36. The molecule has 1 saturated heterocycles. The van der Waals surface area contributed by atoms with Crippen LogP contribution in [0.3, 0.4) is 0 Å². The standard InChI is InChI=1S/C25H26N2O4/c28-21-9-18-13-27(12-17-4-1-3-16-5-2-8-26-25(16)17)14-19(18)10-23(21)31-20-6-7-22-24(11-20)30-15-29-22/h1-8,11,18-19,21,23,28H,9-10,12-15H2/t18-,19+,21+,23+/m0/s1. The van der Waals surface area contributed by atoms with Gasteiger partial charge in [-0.2, -0.15) is 0 Å². The van der Waals surface area contributed by atoms with Crippen molar-refractivity contribution in [3.8, 4) is 17.2 Å². The van der Waals surface area contributed by atoms with E-state index in [1.165, 1.54) is 10.9 Å². The molecule has 2 aliphatic heterocycles. The molecule has 6 rings (SSSR count). The summed E-state index contributed by atoms with van der Waals surface area (Å²) in [6.45, 7) is 3.19. The third-order valence-corrected chi connectivity index (χ3v) is 6.90. The van der Waals surface area contributed by atoms with Crippen LogP contribution < -0.4 is 14.2 Å². The van der Waals surface area contributed by atoms with E-state index in [2.05, 4.69) is 34.1 Å². The molecule has 3 heterocycles. The Hall–Kier alpha value is -2.83. The predicted molar refractivity (Wildman–Crippen MR) is 116 cm³/mol. The van der Waals surface area contributed by atoms with Gasteiger partial charge in [0.25, 0.3) is 0 Å². The zero-order valence-electron chi connectivity index (χ0n) is 17.3. The minimum absolute atomic E-state index is 0.194. The fraction of sp³-hybridized carbons (Fsp3) is 0.400. The van der Waals surface area contributed by atoms with Crippen LogP contribution in [0, 0.1) is 11.8 Å². The number of aliphatic hydroxyl groups excluding tert-OH is 1. The van der Waals surface area contributed by atoms with Gasteiger partial charge >= 0.3 is 0 Å². The Bertz CT molecular complexity index is 1100. The maximum atomic E-state index is 10.8. The number of likely N-dealkylation sites (tertiary alicyclic amines) is 1. The molecule has 2 fully saturated rings. The molecule has 0 spiro atoms. The molecule has 1 aromatic heterocycles. The maximum absolute atomic E-state index is 10.8. The summed E-state index contributed by atoms with van der Waals surface area (Å²) in [7, 11) is 0. The van der Waals surface area contributed by atoms with Gasteiger partial charge in [-0.3, -0.25) is 9.88 Å². The van der Waals surface area contributed by atoms with Crippen molar-refractivity contribution in [2.45, 2.75) is 31.6 Å². The van der Waals surface area contributed by atoms with Gasteiger partial charge in [0.1, 0.15) is 11.9 Å². The van der Waals surface area contributed by atoms with Crippen molar-refractivity contribution in [3.63, 3.8) is 0 Å². The van der Waals surface area contributed by atoms with Crippen LogP contribution in [0.1, 0.15) is 18.4 Å². The molecule has 0 bridgehead atoms. The molecular formula is C25H26N2O4. The fourth-order valence-corrected chi connectivity index (χ4v) is 5.40. The van der Waals surface area contributed by atoms with E-state index in [0.29, 0.717) is 17.6 Å². The Morgan fingerprint density at radius 2 is 1.84 bits per heavy atom. The fourth-order valence-electron chi connectivity index (χ4n) is 5.40.